The first-order chi connectivity index (χ1) is 24.5. The van der Waals surface area contributed by atoms with Crippen molar-refractivity contribution in [2.75, 3.05) is 0 Å². The minimum atomic E-state index is -0.295. The molecule has 2 atom stereocenters. The maximum Gasteiger partial charge on any atom is 0.0525 e. The molecule has 0 fully saturated rings. The molecule has 0 amide bonds. The molecule has 0 spiro atoms. The van der Waals surface area contributed by atoms with Gasteiger partial charge in [-0.2, -0.15) is 0 Å². The van der Waals surface area contributed by atoms with Crippen molar-refractivity contribution < 1.29 is 0 Å². The third-order valence-electron chi connectivity index (χ3n) is 12.4. The highest BCUT2D eigenvalue weighted by atomic mass is 79.9. The Morgan fingerprint density at radius 1 is 0.520 bits per heavy atom. The average molecular weight is 791 g/mol. The van der Waals surface area contributed by atoms with Gasteiger partial charge in [-0.15, -0.1) is 0 Å². The standard InChI is InChI=1S/C48H54Br2/c1-3-5-7-9-11-17-31-47(32-18-12-10-8-6-4-2)43-21-15-13-19-39(43)41-34-46-42(33-45(41)47)40-20-14-16-22-44(40)48(46,35-23-27-37(49)28-24-35)36-25-29-38(50)30-26-36/h13-16,19-30,33-34,40,44H,3-12,17-18,31-32H2,1-2H3. The Bertz CT molecular complexity index is 1750. The molecule has 260 valence electrons. The van der Waals surface area contributed by atoms with Crippen LogP contribution in [0.15, 0.2) is 118 Å². The van der Waals surface area contributed by atoms with E-state index in [1.165, 1.54) is 123 Å². The van der Waals surface area contributed by atoms with Crippen LogP contribution >= 0.6 is 31.9 Å². The van der Waals surface area contributed by atoms with Crippen LogP contribution in [0, 0.1) is 5.92 Å². The maximum absolute atomic E-state index is 3.75. The molecule has 2 unspecified atom stereocenters. The van der Waals surface area contributed by atoms with Gasteiger partial charge in [-0.3, -0.25) is 0 Å². The van der Waals surface area contributed by atoms with Crippen molar-refractivity contribution >= 4 is 31.9 Å². The summed E-state index contributed by atoms with van der Waals surface area (Å²) in [5, 5.41) is 0. The zero-order chi connectivity index (χ0) is 34.6. The highest BCUT2D eigenvalue weighted by Crippen LogP contribution is 2.63. The van der Waals surface area contributed by atoms with E-state index in [-0.39, 0.29) is 10.8 Å². The maximum atomic E-state index is 3.75. The lowest BCUT2D eigenvalue weighted by molar-refractivity contribution is 0.397. The van der Waals surface area contributed by atoms with Crippen LogP contribution in [0.2, 0.25) is 0 Å². The molecule has 7 rings (SSSR count). The fourth-order valence-corrected chi connectivity index (χ4v) is 10.5. The summed E-state index contributed by atoms with van der Waals surface area (Å²) >= 11 is 7.51. The van der Waals surface area contributed by atoms with E-state index in [4.69, 9.17) is 0 Å². The minimum Gasteiger partial charge on any atom is -0.0789 e. The molecule has 0 N–H and O–H groups in total. The number of hydrogen-bond acceptors (Lipinski definition) is 0. The molecule has 3 aliphatic rings. The minimum absolute atomic E-state index is 0.0840. The Kier molecular flexibility index (Phi) is 11.4. The van der Waals surface area contributed by atoms with Crippen molar-refractivity contribution in [3.8, 4) is 11.1 Å². The van der Waals surface area contributed by atoms with Gasteiger partial charge in [-0.25, -0.2) is 0 Å². The molecule has 0 aromatic heterocycles. The number of hydrogen-bond donors (Lipinski definition) is 0. The second-order valence-electron chi connectivity index (χ2n) is 15.3. The fraction of sp³-hybridized carbons (Fsp3) is 0.417. The predicted octanol–water partition coefficient (Wildman–Crippen LogP) is 15.2. The van der Waals surface area contributed by atoms with Gasteiger partial charge in [0.2, 0.25) is 0 Å². The van der Waals surface area contributed by atoms with Gasteiger partial charge in [0.05, 0.1) is 5.41 Å². The van der Waals surface area contributed by atoms with Crippen molar-refractivity contribution in [3.05, 3.63) is 152 Å². The normalized spacial score (nSPS) is 18.9. The molecule has 0 nitrogen and oxygen atoms in total. The van der Waals surface area contributed by atoms with Crippen LogP contribution < -0.4 is 0 Å². The largest absolute Gasteiger partial charge is 0.0789 e. The van der Waals surface area contributed by atoms with Crippen molar-refractivity contribution in [3.63, 3.8) is 0 Å². The smallest absolute Gasteiger partial charge is 0.0525 e. The lowest BCUT2D eigenvalue weighted by Gasteiger charge is -2.39. The number of benzene rings is 4. The molecule has 0 heterocycles. The summed E-state index contributed by atoms with van der Waals surface area (Å²) in [6.07, 6.45) is 28.2. The molecule has 0 bridgehead atoms. The summed E-state index contributed by atoms with van der Waals surface area (Å²) in [5.74, 6) is 0.631. The lowest BCUT2D eigenvalue weighted by atomic mass is 9.63. The Morgan fingerprint density at radius 2 is 1.06 bits per heavy atom. The Balaban J connectivity index is 1.40. The zero-order valence-corrected chi connectivity index (χ0v) is 33.4. The van der Waals surface area contributed by atoms with Crippen LogP contribution in [0.5, 0.6) is 0 Å². The molecule has 4 aromatic carbocycles. The average Bonchev–Trinajstić information content (AvgIpc) is 3.58. The van der Waals surface area contributed by atoms with Crippen molar-refractivity contribution in [1.82, 2.24) is 0 Å². The third kappa shape index (κ3) is 6.47. The van der Waals surface area contributed by atoms with Crippen LogP contribution in [0.4, 0.5) is 0 Å². The van der Waals surface area contributed by atoms with Gasteiger partial charge in [0.15, 0.2) is 0 Å². The highest BCUT2D eigenvalue weighted by molar-refractivity contribution is 9.10. The van der Waals surface area contributed by atoms with Gasteiger partial charge in [0.1, 0.15) is 0 Å². The van der Waals surface area contributed by atoms with E-state index in [1.807, 2.05) is 0 Å². The summed E-state index contributed by atoms with van der Waals surface area (Å²) in [6, 6.07) is 33.4. The highest BCUT2D eigenvalue weighted by Gasteiger charge is 2.54. The summed E-state index contributed by atoms with van der Waals surface area (Å²) in [7, 11) is 0. The van der Waals surface area contributed by atoms with Gasteiger partial charge < -0.3 is 0 Å². The fourth-order valence-electron chi connectivity index (χ4n) is 10.00. The molecule has 0 aliphatic heterocycles. The van der Waals surface area contributed by atoms with E-state index in [0.717, 1.165) is 8.95 Å². The van der Waals surface area contributed by atoms with Gasteiger partial charge in [0, 0.05) is 26.2 Å². The Hall–Kier alpha value is -2.68. The second kappa shape index (κ2) is 15.9. The van der Waals surface area contributed by atoms with Gasteiger partial charge in [0.25, 0.3) is 0 Å². The number of rotatable bonds is 16. The predicted molar refractivity (Wildman–Crippen MR) is 221 cm³/mol. The van der Waals surface area contributed by atoms with E-state index < -0.39 is 0 Å². The quantitative estimate of drug-likeness (QED) is 0.0992. The molecule has 50 heavy (non-hydrogen) atoms. The van der Waals surface area contributed by atoms with Gasteiger partial charge in [-0.05, 0) is 87.7 Å². The molecule has 0 radical (unpaired) electrons. The van der Waals surface area contributed by atoms with E-state index in [2.05, 4.69) is 155 Å². The van der Waals surface area contributed by atoms with E-state index >= 15 is 0 Å². The van der Waals surface area contributed by atoms with Crippen molar-refractivity contribution in [1.29, 1.82) is 0 Å². The van der Waals surface area contributed by atoms with Crippen LogP contribution in [0.25, 0.3) is 11.1 Å². The molecular formula is C48H54Br2. The van der Waals surface area contributed by atoms with Crippen LogP contribution in [0.3, 0.4) is 0 Å². The van der Waals surface area contributed by atoms with Gasteiger partial charge >= 0.3 is 0 Å². The third-order valence-corrected chi connectivity index (χ3v) is 13.4. The first-order valence-electron chi connectivity index (χ1n) is 19.7. The molecule has 3 aliphatic carbocycles. The summed E-state index contributed by atoms with van der Waals surface area (Å²) < 4.78 is 2.25. The van der Waals surface area contributed by atoms with Crippen LogP contribution in [0.1, 0.15) is 143 Å². The number of allylic oxidation sites excluding steroid dienone is 4. The van der Waals surface area contributed by atoms with Crippen LogP contribution in [-0.4, -0.2) is 0 Å². The number of unbranched alkanes of at least 4 members (excludes halogenated alkanes) is 10. The first kappa shape index (κ1) is 35.7. The molecule has 0 saturated heterocycles. The Labute approximate surface area is 319 Å². The molecule has 2 heteroatoms. The van der Waals surface area contributed by atoms with Crippen LogP contribution in [-0.2, 0) is 10.8 Å². The summed E-state index contributed by atoms with van der Waals surface area (Å²) in [4.78, 5) is 0. The summed E-state index contributed by atoms with van der Waals surface area (Å²) in [5.41, 5.74) is 11.7. The van der Waals surface area contributed by atoms with Gasteiger partial charge in [-0.1, -0.05) is 202 Å². The zero-order valence-electron chi connectivity index (χ0n) is 30.2. The van der Waals surface area contributed by atoms with E-state index in [1.54, 1.807) is 11.1 Å². The van der Waals surface area contributed by atoms with Crippen molar-refractivity contribution in [2.24, 2.45) is 5.92 Å². The number of halogens is 2. The lowest BCUT2D eigenvalue weighted by Crippen LogP contribution is -2.35. The number of fused-ring (bicyclic) bond motifs is 6. The molecular weight excluding hydrogens is 736 g/mol. The summed E-state index contributed by atoms with van der Waals surface area (Å²) in [6.45, 7) is 4.65. The van der Waals surface area contributed by atoms with E-state index in [0.29, 0.717) is 11.8 Å². The SMILES string of the molecule is CCCCCCCCC1(CCCCCCCC)c2ccccc2-c2cc3c(cc21)C1C=CC=CC1C3(c1ccc(Br)cc1)c1ccc(Br)cc1. The van der Waals surface area contributed by atoms with Crippen molar-refractivity contribution in [2.45, 2.75) is 120 Å². The molecule has 0 saturated carbocycles. The second-order valence-corrected chi connectivity index (χ2v) is 17.1. The molecule has 4 aromatic rings. The first-order valence-corrected chi connectivity index (χ1v) is 21.3. The Morgan fingerprint density at radius 3 is 1.66 bits per heavy atom. The van der Waals surface area contributed by atoms with E-state index in [9.17, 15) is 0 Å². The monoisotopic (exact) mass is 788 g/mol. The topological polar surface area (TPSA) is 0 Å².